The van der Waals surface area contributed by atoms with Gasteiger partial charge in [0.1, 0.15) is 0 Å². The third-order valence-corrected chi connectivity index (χ3v) is 4.76. The molecule has 0 heterocycles. The molecular formula is C14H24O. The summed E-state index contributed by atoms with van der Waals surface area (Å²) in [6, 6.07) is 0. The molecule has 1 heteroatoms. The van der Waals surface area contributed by atoms with Gasteiger partial charge in [0.15, 0.2) is 0 Å². The molecule has 0 bridgehead atoms. The van der Waals surface area contributed by atoms with Crippen LogP contribution in [0.1, 0.15) is 52.9 Å². The Morgan fingerprint density at radius 1 is 1.27 bits per heavy atom. The number of allylic oxidation sites excluding steroid dienone is 1. The molecule has 0 amide bonds. The van der Waals surface area contributed by atoms with Crippen molar-refractivity contribution in [2.75, 3.05) is 0 Å². The molecule has 0 radical (unpaired) electrons. The van der Waals surface area contributed by atoms with E-state index >= 15 is 0 Å². The fourth-order valence-corrected chi connectivity index (χ4v) is 3.72. The molecule has 3 atom stereocenters. The van der Waals surface area contributed by atoms with Gasteiger partial charge in [0.2, 0.25) is 0 Å². The van der Waals surface area contributed by atoms with Gasteiger partial charge in [-0.2, -0.15) is 0 Å². The third-order valence-electron chi connectivity index (χ3n) is 4.76. The highest BCUT2D eigenvalue weighted by Gasteiger charge is 2.51. The molecule has 1 nitrogen and oxygen atoms in total. The first-order valence-electron chi connectivity index (χ1n) is 6.25. The van der Waals surface area contributed by atoms with Crippen LogP contribution in [0.3, 0.4) is 0 Å². The first-order chi connectivity index (χ1) is 6.84. The Kier molecular flexibility index (Phi) is 2.50. The maximum absolute atomic E-state index is 10.2. The molecule has 2 aliphatic carbocycles. The lowest BCUT2D eigenvalue weighted by Crippen LogP contribution is -2.52. The van der Waals surface area contributed by atoms with Crippen LogP contribution in [-0.2, 0) is 0 Å². The van der Waals surface area contributed by atoms with Crippen molar-refractivity contribution in [3.05, 3.63) is 12.2 Å². The molecule has 0 aromatic carbocycles. The molecule has 2 saturated carbocycles. The first kappa shape index (κ1) is 11.2. The Labute approximate surface area is 93.6 Å². The molecule has 2 fully saturated rings. The fourth-order valence-electron chi connectivity index (χ4n) is 3.72. The summed E-state index contributed by atoms with van der Waals surface area (Å²) in [6.07, 6.45) is 5.87. The van der Waals surface area contributed by atoms with E-state index in [1.54, 1.807) is 0 Å². The van der Waals surface area contributed by atoms with Crippen molar-refractivity contribution in [3.8, 4) is 0 Å². The highest BCUT2D eigenvalue weighted by molar-refractivity contribution is 5.16. The van der Waals surface area contributed by atoms with Crippen molar-refractivity contribution in [3.63, 3.8) is 0 Å². The van der Waals surface area contributed by atoms with E-state index in [2.05, 4.69) is 20.4 Å². The fraction of sp³-hybridized carbons (Fsp3) is 0.857. The second kappa shape index (κ2) is 3.35. The topological polar surface area (TPSA) is 20.2 Å². The van der Waals surface area contributed by atoms with Crippen molar-refractivity contribution in [2.45, 2.75) is 58.5 Å². The summed E-state index contributed by atoms with van der Waals surface area (Å²) >= 11 is 0. The maximum Gasteiger partial charge on any atom is 0.0653 e. The summed E-state index contributed by atoms with van der Waals surface area (Å²) in [7, 11) is 0. The van der Waals surface area contributed by atoms with E-state index in [1.165, 1.54) is 31.3 Å². The SMILES string of the molecule is C=C1CCCC(C)(C)C1C1CCC1(C)O. The van der Waals surface area contributed by atoms with Crippen LogP contribution >= 0.6 is 0 Å². The predicted molar refractivity (Wildman–Crippen MR) is 63.6 cm³/mol. The third kappa shape index (κ3) is 1.75. The molecule has 0 saturated heterocycles. The van der Waals surface area contributed by atoms with Crippen molar-refractivity contribution in [2.24, 2.45) is 17.3 Å². The number of hydrogen-bond donors (Lipinski definition) is 1. The van der Waals surface area contributed by atoms with Gasteiger partial charge >= 0.3 is 0 Å². The maximum atomic E-state index is 10.2. The zero-order valence-electron chi connectivity index (χ0n) is 10.3. The number of rotatable bonds is 1. The molecule has 0 spiro atoms. The standard InChI is InChI=1S/C14H24O/c1-10-6-5-8-13(2,3)12(10)11-7-9-14(11,4)15/h11-12,15H,1,5-9H2,2-4H3. The minimum absolute atomic E-state index is 0.338. The number of hydrogen-bond acceptors (Lipinski definition) is 1. The van der Waals surface area contributed by atoms with Crippen LogP contribution < -0.4 is 0 Å². The van der Waals surface area contributed by atoms with Crippen molar-refractivity contribution < 1.29 is 5.11 Å². The summed E-state index contributed by atoms with van der Waals surface area (Å²) < 4.78 is 0. The van der Waals surface area contributed by atoms with Gasteiger partial charge in [0.05, 0.1) is 5.60 Å². The zero-order valence-corrected chi connectivity index (χ0v) is 10.3. The van der Waals surface area contributed by atoms with Crippen LogP contribution in [0.15, 0.2) is 12.2 Å². The van der Waals surface area contributed by atoms with Gasteiger partial charge in [-0.1, -0.05) is 26.0 Å². The minimum Gasteiger partial charge on any atom is -0.390 e. The van der Waals surface area contributed by atoms with Gasteiger partial charge in [-0.05, 0) is 56.3 Å². The number of aliphatic hydroxyl groups is 1. The van der Waals surface area contributed by atoms with Gasteiger partial charge in [-0.3, -0.25) is 0 Å². The quantitative estimate of drug-likeness (QED) is 0.654. The van der Waals surface area contributed by atoms with Gasteiger partial charge in [-0.25, -0.2) is 0 Å². The lowest BCUT2D eigenvalue weighted by atomic mass is 9.53. The summed E-state index contributed by atoms with van der Waals surface area (Å²) in [5.41, 5.74) is 1.29. The average molecular weight is 208 g/mol. The largest absolute Gasteiger partial charge is 0.390 e. The lowest BCUT2D eigenvalue weighted by Gasteiger charge is -2.54. The summed E-state index contributed by atoms with van der Waals surface area (Å²) in [5.74, 6) is 0.996. The van der Waals surface area contributed by atoms with Crippen LogP contribution in [-0.4, -0.2) is 10.7 Å². The Hall–Kier alpha value is -0.300. The van der Waals surface area contributed by atoms with Crippen LogP contribution in [0.4, 0.5) is 0 Å². The minimum atomic E-state index is -0.428. The lowest BCUT2D eigenvalue weighted by molar-refractivity contribution is -0.120. The van der Waals surface area contributed by atoms with Crippen molar-refractivity contribution in [1.82, 2.24) is 0 Å². The zero-order chi connectivity index (χ0) is 11.3. The highest BCUT2D eigenvalue weighted by atomic mass is 16.3. The van der Waals surface area contributed by atoms with Gasteiger partial charge in [-0.15, -0.1) is 0 Å². The summed E-state index contributed by atoms with van der Waals surface area (Å²) in [6.45, 7) is 10.9. The highest BCUT2D eigenvalue weighted by Crippen LogP contribution is 2.55. The van der Waals surface area contributed by atoms with E-state index in [0.29, 0.717) is 17.3 Å². The van der Waals surface area contributed by atoms with E-state index in [-0.39, 0.29) is 0 Å². The van der Waals surface area contributed by atoms with Crippen molar-refractivity contribution >= 4 is 0 Å². The molecule has 0 aromatic rings. The van der Waals surface area contributed by atoms with E-state index in [1.807, 2.05) is 6.92 Å². The average Bonchev–Trinajstić information content (AvgIpc) is 2.09. The van der Waals surface area contributed by atoms with E-state index < -0.39 is 5.60 Å². The molecule has 15 heavy (non-hydrogen) atoms. The molecule has 0 aromatic heterocycles. The molecular weight excluding hydrogens is 184 g/mol. The Morgan fingerprint density at radius 2 is 1.93 bits per heavy atom. The normalized spacial score (nSPS) is 44.9. The smallest absolute Gasteiger partial charge is 0.0653 e. The Balaban J connectivity index is 2.21. The second-order valence-electron chi connectivity index (χ2n) is 6.48. The molecule has 86 valence electrons. The molecule has 0 aliphatic heterocycles. The summed E-state index contributed by atoms with van der Waals surface area (Å²) in [4.78, 5) is 0. The van der Waals surface area contributed by atoms with Crippen LogP contribution in [0, 0.1) is 17.3 Å². The van der Waals surface area contributed by atoms with Gasteiger partial charge < -0.3 is 5.11 Å². The first-order valence-corrected chi connectivity index (χ1v) is 6.25. The molecule has 2 aliphatic rings. The second-order valence-corrected chi connectivity index (χ2v) is 6.48. The van der Waals surface area contributed by atoms with E-state index in [9.17, 15) is 5.11 Å². The van der Waals surface area contributed by atoms with E-state index in [0.717, 1.165) is 6.42 Å². The van der Waals surface area contributed by atoms with Crippen LogP contribution in [0.5, 0.6) is 0 Å². The summed E-state index contributed by atoms with van der Waals surface area (Å²) in [5, 5.41) is 10.2. The molecule has 2 rings (SSSR count). The Morgan fingerprint density at radius 3 is 2.33 bits per heavy atom. The van der Waals surface area contributed by atoms with Crippen LogP contribution in [0.25, 0.3) is 0 Å². The van der Waals surface area contributed by atoms with Gasteiger partial charge in [0, 0.05) is 0 Å². The van der Waals surface area contributed by atoms with Crippen molar-refractivity contribution in [1.29, 1.82) is 0 Å². The Bertz CT molecular complexity index is 275. The monoisotopic (exact) mass is 208 g/mol. The molecule has 1 N–H and O–H groups in total. The van der Waals surface area contributed by atoms with E-state index in [4.69, 9.17) is 0 Å². The predicted octanol–water partition coefficient (Wildman–Crippen LogP) is 3.53. The molecule has 3 unspecified atom stereocenters. The van der Waals surface area contributed by atoms with Crippen LogP contribution in [0.2, 0.25) is 0 Å². The van der Waals surface area contributed by atoms with Gasteiger partial charge in [0.25, 0.3) is 0 Å².